The zero-order valence-electron chi connectivity index (χ0n) is 11.7. The van der Waals surface area contributed by atoms with Gasteiger partial charge in [-0.25, -0.2) is 9.59 Å². The molecule has 3 N–H and O–H groups in total. The van der Waals surface area contributed by atoms with E-state index >= 15 is 0 Å². The van der Waals surface area contributed by atoms with E-state index in [0.29, 0.717) is 5.70 Å². The molecule has 1 aliphatic rings. The minimum Gasteiger partial charge on any atom is -0.478 e. The lowest BCUT2D eigenvalue weighted by Crippen LogP contribution is -2.41. The smallest absolute Gasteiger partial charge is 0.407 e. The molecular weight excluding hydrogens is 272 g/mol. The molecule has 112 valence electrons. The molecule has 0 fully saturated rings. The van der Waals surface area contributed by atoms with Crippen LogP contribution in [0.2, 0.25) is 0 Å². The second kappa shape index (κ2) is 6.30. The third-order valence-corrected chi connectivity index (χ3v) is 3.56. The summed E-state index contributed by atoms with van der Waals surface area (Å²) in [5.74, 6) is -0.997. The molecule has 1 aromatic carbocycles. The van der Waals surface area contributed by atoms with Gasteiger partial charge in [-0.3, -0.25) is 0 Å². The highest BCUT2D eigenvalue weighted by Gasteiger charge is 2.26. The summed E-state index contributed by atoms with van der Waals surface area (Å²) in [6.07, 6.45) is -0.822. The molecule has 0 aromatic heterocycles. The van der Waals surface area contributed by atoms with Crippen molar-refractivity contribution in [2.75, 3.05) is 13.1 Å². The molecule has 6 heteroatoms. The lowest BCUT2D eigenvalue weighted by Gasteiger charge is -2.30. The topological polar surface area (TPSA) is 89.9 Å². The molecule has 21 heavy (non-hydrogen) atoms. The molecular formula is C15H18N2O4. The van der Waals surface area contributed by atoms with Gasteiger partial charge in [0, 0.05) is 18.3 Å². The number of aliphatic carboxylic acids is 1. The molecule has 0 bridgehead atoms. The Hall–Kier alpha value is -2.50. The standard InChI is InChI=1S/C15H18N2O4/c1-10(11-5-3-2-4-6-11)16-13-9-17(15(20)21)8-7-12(13)14(18)19/h2-6,10,16H,7-9H2,1H3,(H,18,19)(H,20,21)/t10-/m1/s1. The van der Waals surface area contributed by atoms with Gasteiger partial charge in [0.05, 0.1) is 12.1 Å². The van der Waals surface area contributed by atoms with Gasteiger partial charge >= 0.3 is 12.1 Å². The van der Waals surface area contributed by atoms with E-state index in [4.69, 9.17) is 5.11 Å². The predicted molar refractivity (Wildman–Crippen MR) is 76.9 cm³/mol. The molecule has 0 aliphatic carbocycles. The Bertz CT molecular complexity index is 568. The van der Waals surface area contributed by atoms with E-state index in [1.807, 2.05) is 37.3 Å². The summed E-state index contributed by atoms with van der Waals surface area (Å²) in [5, 5.41) is 21.5. The summed E-state index contributed by atoms with van der Waals surface area (Å²) < 4.78 is 0. The van der Waals surface area contributed by atoms with Crippen molar-refractivity contribution in [1.82, 2.24) is 10.2 Å². The van der Waals surface area contributed by atoms with Gasteiger partial charge in [-0.1, -0.05) is 30.3 Å². The molecule has 1 amide bonds. The van der Waals surface area contributed by atoms with E-state index in [0.717, 1.165) is 5.56 Å². The van der Waals surface area contributed by atoms with Gasteiger partial charge in [0.1, 0.15) is 0 Å². The van der Waals surface area contributed by atoms with Crippen LogP contribution in [0.15, 0.2) is 41.6 Å². The molecule has 6 nitrogen and oxygen atoms in total. The van der Waals surface area contributed by atoms with Crippen LogP contribution in [-0.4, -0.2) is 40.3 Å². The SMILES string of the molecule is C[C@@H](NC1=C(C(=O)O)CCN(C(=O)O)C1)c1ccccc1. The first-order valence-corrected chi connectivity index (χ1v) is 6.73. The van der Waals surface area contributed by atoms with Crippen molar-refractivity contribution >= 4 is 12.1 Å². The van der Waals surface area contributed by atoms with Crippen LogP contribution in [0.3, 0.4) is 0 Å². The van der Waals surface area contributed by atoms with Gasteiger partial charge in [-0.15, -0.1) is 0 Å². The summed E-state index contributed by atoms with van der Waals surface area (Å²) in [6, 6.07) is 9.51. The van der Waals surface area contributed by atoms with Crippen LogP contribution in [0.25, 0.3) is 0 Å². The highest BCUT2D eigenvalue weighted by Crippen LogP contribution is 2.20. The van der Waals surface area contributed by atoms with Crippen molar-refractivity contribution in [1.29, 1.82) is 0 Å². The molecule has 0 unspecified atom stereocenters. The number of amides is 1. The third kappa shape index (κ3) is 3.53. The Morgan fingerprint density at radius 2 is 1.90 bits per heavy atom. The summed E-state index contributed by atoms with van der Waals surface area (Å²) in [5.41, 5.74) is 1.74. The molecule has 0 saturated heterocycles. The zero-order valence-corrected chi connectivity index (χ0v) is 11.7. The van der Waals surface area contributed by atoms with E-state index in [1.54, 1.807) is 0 Å². The maximum Gasteiger partial charge on any atom is 0.407 e. The fraction of sp³-hybridized carbons (Fsp3) is 0.333. The summed E-state index contributed by atoms with van der Waals surface area (Å²) in [4.78, 5) is 23.6. The van der Waals surface area contributed by atoms with Crippen LogP contribution in [-0.2, 0) is 4.79 Å². The monoisotopic (exact) mass is 290 g/mol. The fourth-order valence-corrected chi connectivity index (χ4v) is 2.38. The van der Waals surface area contributed by atoms with Crippen LogP contribution >= 0.6 is 0 Å². The van der Waals surface area contributed by atoms with Gasteiger partial charge < -0.3 is 20.4 Å². The van der Waals surface area contributed by atoms with Crippen molar-refractivity contribution in [3.05, 3.63) is 47.2 Å². The minimum atomic E-state index is -1.04. The van der Waals surface area contributed by atoms with E-state index in [2.05, 4.69) is 5.32 Å². The van der Waals surface area contributed by atoms with Crippen LogP contribution in [0, 0.1) is 0 Å². The average molecular weight is 290 g/mol. The number of nitrogens with one attached hydrogen (secondary N) is 1. The molecule has 1 heterocycles. The maximum absolute atomic E-state index is 11.3. The predicted octanol–water partition coefficient (Wildman–Crippen LogP) is 2.06. The first-order chi connectivity index (χ1) is 9.99. The van der Waals surface area contributed by atoms with Crippen molar-refractivity contribution in [2.45, 2.75) is 19.4 Å². The molecule has 0 saturated carbocycles. The first kappa shape index (κ1) is 14.9. The normalized spacial score (nSPS) is 16.5. The zero-order chi connectivity index (χ0) is 15.4. The molecule has 2 rings (SSSR count). The molecule has 1 aromatic rings. The largest absolute Gasteiger partial charge is 0.478 e. The number of carboxylic acids is 1. The van der Waals surface area contributed by atoms with Gasteiger partial charge in [0.15, 0.2) is 0 Å². The molecule has 1 atom stereocenters. The molecule has 0 radical (unpaired) electrons. The van der Waals surface area contributed by atoms with E-state index < -0.39 is 12.1 Å². The van der Waals surface area contributed by atoms with Crippen LogP contribution in [0.1, 0.15) is 24.9 Å². The van der Waals surface area contributed by atoms with E-state index in [-0.39, 0.29) is 31.1 Å². The average Bonchev–Trinajstić information content (AvgIpc) is 2.47. The molecule has 1 aliphatic heterocycles. The van der Waals surface area contributed by atoms with Crippen molar-refractivity contribution in [3.8, 4) is 0 Å². The van der Waals surface area contributed by atoms with Crippen LogP contribution in [0.4, 0.5) is 4.79 Å². The van der Waals surface area contributed by atoms with E-state index in [1.165, 1.54) is 4.90 Å². The fourth-order valence-electron chi connectivity index (χ4n) is 2.38. The van der Waals surface area contributed by atoms with Crippen LogP contribution < -0.4 is 5.32 Å². The second-order valence-corrected chi connectivity index (χ2v) is 4.99. The number of carbonyl (C=O) groups is 2. The van der Waals surface area contributed by atoms with Gasteiger partial charge in [-0.2, -0.15) is 0 Å². The van der Waals surface area contributed by atoms with E-state index in [9.17, 15) is 14.7 Å². The highest BCUT2D eigenvalue weighted by molar-refractivity contribution is 5.88. The lowest BCUT2D eigenvalue weighted by atomic mass is 10.0. The number of nitrogens with zero attached hydrogens (tertiary/aromatic N) is 1. The number of benzene rings is 1. The van der Waals surface area contributed by atoms with Gasteiger partial charge in [-0.05, 0) is 18.9 Å². The Morgan fingerprint density at radius 3 is 2.48 bits per heavy atom. The third-order valence-electron chi connectivity index (χ3n) is 3.56. The highest BCUT2D eigenvalue weighted by atomic mass is 16.4. The van der Waals surface area contributed by atoms with Crippen molar-refractivity contribution in [3.63, 3.8) is 0 Å². The lowest BCUT2D eigenvalue weighted by molar-refractivity contribution is -0.133. The summed E-state index contributed by atoms with van der Waals surface area (Å²) >= 11 is 0. The van der Waals surface area contributed by atoms with Gasteiger partial charge in [0.25, 0.3) is 0 Å². The summed E-state index contributed by atoms with van der Waals surface area (Å²) in [6.45, 7) is 2.21. The number of carboxylic acid groups (broad SMARTS) is 2. The Kier molecular flexibility index (Phi) is 4.47. The quantitative estimate of drug-likeness (QED) is 0.789. The van der Waals surface area contributed by atoms with Crippen molar-refractivity contribution in [2.24, 2.45) is 0 Å². The molecule has 0 spiro atoms. The van der Waals surface area contributed by atoms with Crippen LogP contribution in [0.5, 0.6) is 0 Å². The number of hydrogen-bond donors (Lipinski definition) is 3. The number of rotatable bonds is 4. The maximum atomic E-state index is 11.3. The Balaban J connectivity index is 2.20. The first-order valence-electron chi connectivity index (χ1n) is 6.73. The number of hydrogen-bond acceptors (Lipinski definition) is 3. The minimum absolute atomic E-state index is 0.0775. The second-order valence-electron chi connectivity index (χ2n) is 4.99. The van der Waals surface area contributed by atoms with Crippen molar-refractivity contribution < 1.29 is 19.8 Å². The summed E-state index contributed by atoms with van der Waals surface area (Å²) in [7, 11) is 0. The van der Waals surface area contributed by atoms with Gasteiger partial charge in [0.2, 0.25) is 0 Å². The Morgan fingerprint density at radius 1 is 1.24 bits per heavy atom. The Labute approximate surface area is 122 Å².